The first kappa shape index (κ1) is 15.8. The van der Waals surface area contributed by atoms with Crippen molar-refractivity contribution in [2.24, 2.45) is 5.92 Å². The third-order valence-electron chi connectivity index (χ3n) is 4.58. The molecule has 2 rings (SSSR count). The SMILES string of the molecule is C=CC[C@@]1(C(C)C)O[C@H](c2ccccc2)[C@H](C)N(C)C1=O. The van der Waals surface area contributed by atoms with Crippen molar-refractivity contribution in [1.82, 2.24) is 4.90 Å². The van der Waals surface area contributed by atoms with Crippen molar-refractivity contribution in [3.63, 3.8) is 0 Å². The summed E-state index contributed by atoms with van der Waals surface area (Å²) in [6.45, 7) is 9.91. The molecule has 1 aromatic carbocycles. The molecule has 0 aromatic heterocycles. The molecule has 3 nitrogen and oxygen atoms in total. The van der Waals surface area contributed by atoms with Crippen molar-refractivity contribution >= 4 is 5.91 Å². The summed E-state index contributed by atoms with van der Waals surface area (Å²) in [7, 11) is 1.87. The number of hydrogen-bond donors (Lipinski definition) is 0. The van der Waals surface area contributed by atoms with Gasteiger partial charge in [0.1, 0.15) is 6.10 Å². The summed E-state index contributed by atoms with van der Waals surface area (Å²) in [6.07, 6.45) is 2.20. The van der Waals surface area contributed by atoms with E-state index in [2.05, 4.69) is 18.7 Å². The Labute approximate surface area is 127 Å². The molecule has 1 saturated heterocycles. The summed E-state index contributed by atoms with van der Waals surface area (Å²) in [4.78, 5) is 14.6. The van der Waals surface area contributed by atoms with Gasteiger partial charge in [-0.1, -0.05) is 50.3 Å². The summed E-state index contributed by atoms with van der Waals surface area (Å²) >= 11 is 0. The number of likely N-dealkylation sites (N-methyl/N-ethyl adjacent to an activating group) is 1. The lowest BCUT2D eigenvalue weighted by molar-refractivity contribution is -0.205. The summed E-state index contributed by atoms with van der Waals surface area (Å²) in [6, 6.07) is 10.1. The van der Waals surface area contributed by atoms with Crippen LogP contribution in [0.25, 0.3) is 0 Å². The number of benzene rings is 1. The predicted octanol–water partition coefficient (Wildman–Crippen LogP) is 3.58. The quantitative estimate of drug-likeness (QED) is 0.792. The first-order valence-electron chi connectivity index (χ1n) is 7.55. The Bertz CT molecular complexity index is 511. The van der Waals surface area contributed by atoms with Gasteiger partial charge in [0.2, 0.25) is 0 Å². The van der Waals surface area contributed by atoms with Crippen LogP contribution in [0.1, 0.15) is 38.9 Å². The van der Waals surface area contributed by atoms with Crippen molar-refractivity contribution in [1.29, 1.82) is 0 Å². The molecule has 0 radical (unpaired) electrons. The monoisotopic (exact) mass is 287 g/mol. The van der Waals surface area contributed by atoms with Gasteiger partial charge in [0, 0.05) is 13.5 Å². The van der Waals surface area contributed by atoms with Crippen LogP contribution in [0.4, 0.5) is 0 Å². The van der Waals surface area contributed by atoms with Gasteiger partial charge < -0.3 is 9.64 Å². The third kappa shape index (κ3) is 2.62. The number of carbonyl (C=O) groups is 1. The number of carbonyl (C=O) groups excluding carboxylic acids is 1. The largest absolute Gasteiger partial charge is 0.354 e. The third-order valence-corrected chi connectivity index (χ3v) is 4.58. The highest BCUT2D eigenvalue weighted by Crippen LogP contribution is 2.41. The van der Waals surface area contributed by atoms with Crippen LogP contribution in [0.5, 0.6) is 0 Å². The van der Waals surface area contributed by atoms with E-state index in [9.17, 15) is 4.79 Å². The average Bonchev–Trinajstić information content (AvgIpc) is 2.48. The molecule has 0 unspecified atom stereocenters. The molecule has 1 heterocycles. The Balaban J connectivity index is 2.45. The van der Waals surface area contributed by atoms with Crippen molar-refractivity contribution in [2.45, 2.75) is 44.9 Å². The van der Waals surface area contributed by atoms with Gasteiger partial charge >= 0.3 is 0 Å². The fourth-order valence-corrected chi connectivity index (χ4v) is 3.02. The zero-order chi connectivity index (χ0) is 15.6. The molecule has 0 aliphatic carbocycles. The minimum atomic E-state index is -0.816. The standard InChI is InChI=1S/C18H25NO2/c1-6-12-18(13(2)3)17(20)19(5)14(4)16(21-18)15-10-8-7-9-11-15/h6-11,13-14,16H,1,12H2,2-5H3/t14-,16-,18-/m0/s1. The fraction of sp³-hybridized carbons (Fsp3) is 0.500. The summed E-state index contributed by atoms with van der Waals surface area (Å²) in [5, 5.41) is 0. The van der Waals surface area contributed by atoms with Crippen LogP contribution in [0.3, 0.4) is 0 Å². The highest BCUT2D eigenvalue weighted by atomic mass is 16.5. The summed E-state index contributed by atoms with van der Waals surface area (Å²) < 4.78 is 6.39. The lowest BCUT2D eigenvalue weighted by Gasteiger charge is -2.49. The molecular weight excluding hydrogens is 262 g/mol. The number of ether oxygens (including phenoxy) is 1. The van der Waals surface area contributed by atoms with Crippen LogP contribution in [0.2, 0.25) is 0 Å². The number of rotatable bonds is 4. The van der Waals surface area contributed by atoms with Gasteiger partial charge in [0.05, 0.1) is 6.04 Å². The average molecular weight is 287 g/mol. The first-order valence-corrected chi connectivity index (χ1v) is 7.55. The minimum absolute atomic E-state index is 0.0107. The maximum Gasteiger partial charge on any atom is 0.255 e. The molecule has 0 spiro atoms. The molecule has 21 heavy (non-hydrogen) atoms. The molecule has 1 fully saturated rings. The fourth-order valence-electron chi connectivity index (χ4n) is 3.02. The van der Waals surface area contributed by atoms with Gasteiger partial charge in [-0.15, -0.1) is 6.58 Å². The molecule has 1 aromatic rings. The van der Waals surface area contributed by atoms with E-state index >= 15 is 0 Å². The lowest BCUT2D eigenvalue weighted by Crippen LogP contribution is -2.61. The molecule has 114 valence electrons. The Morgan fingerprint density at radius 2 is 2.00 bits per heavy atom. The van der Waals surface area contributed by atoms with E-state index in [0.29, 0.717) is 6.42 Å². The topological polar surface area (TPSA) is 29.5 Å². The van der Waals surface area contributed by atoms with Crippen molar-refractivity contribution < 1.29 is 9.53 Å². The highest BCUT2D eigenvalue weighted by Gasteiger charge is 2.51. The number of nitrogens with zero attached hydrogens (tertiary/aromatic N) is 1. The second-order valence-corrected chi connectivity index (χ2v) is 6.14. The van der Waals surface area contributed by atoms with Crippen LogP contribution in [0.15, 0.2) is 43.0 Å². The van der Waals surface area contributed by atoms with Gasteiger partial charge in [-0.3, -0.25) is 4.79 Å². The maximum atomic E-state index is 12.8. The van der Waals surface area contributed by atoms with Crippen molar-refractivity contribution in [2.75, 3.05) is 7.05 Å². The van der Waals surface area contributed by atoms with Crippen LogP contribution in [-0.2, 0) is 9.53 Å². The number of morpholine rings is 1. The zero-order valence-electron chi connectivity index (χ0n) is 13.4. The van der Waals surface area contributed by atoms with E-state index in [1.807, 2.05) is 50.9 Å². The lowest BCUT2D eigenvalue weighted by atomic mass is 9.82. The van der Waals surface area contributed by atoms with E-state index in [0.717, 1.165) is 5.56 Å². The molecule has 1 aliphatic heterocycles. The summed E-state index contributed by atoms with van der Waals surface area (Å²) in [5.74, 6) is 0.140. The van der Waals surface area contributed by atoms with Crippen LogP contribution < -0.4 is 0 Å². The van der Waals surface area contributed by atoms with E-state index in [-0.39, 0.29) is 24.0 Å². The van der Waals surface area contributed by atoms with E-state index in [1.54, 1.807) is 6.08 Å². The molecule has 1 amide bonds. The Morgan fingerprint density at radius 3 is 2.52 bits per heavy atom. The molecule has 1 aliphatic rings. The van der Waals surface area contributed by atoms with E-state index in [1.165, 1.54) is 0 Å². The van der Waals surface area contributed by atoms with Crippen LogP contribution in [0, 0.1) is 5.92 Å². The minimum Gasteiger partial charge on any atom is -0.354 e. The second-order valence-electron chi connectivity index (χ2n) is 6.14. The van der Waals surface area contributed by atoms with Gasteiger partial charge in [-0.25, -0.2) is 0 Å². The normalized spacial score (nSPS) is 29.8. The predicted molar refractivity (Wildman–Crippen MR) is 84.9 cm³/mol. The van der Waals surface area contributed by atoms with Gasteiger partial charge in [0.15, 0.2) is 5.60 Å². The smallest absolute Gasteiger partial charge is 0.255 e. The van der Waals surface area contributed by atoms with Gasteiger partial charge in [0.25, 0.3) is 5.91 Å². The van der Waals surface area contributed by atoms with Crippen LogP contribution >= 0.6 is 0 Å². The summed E-state index contributed by atoms with van der Waals surface area (Å²) in [5.41, 5.74) is 0.294. The molecule has 0 N–H and O–H groups in total. The molecule has 3 atom stereocenters. The molecular formula is C18H25NO2. The Hall–Kier alpha value is -1.61. The van der Waals surface area contributed by atoms with Crippen LogP contribution in [-0.4, -0.2) is 29.5 Å². The maximum absolute atomic E-state index is 12.8. The Morgan fingerprint density at radius 1 is 1.38 bits per heavy atom. The van der Waals surface area contributed by atoms with Crippen molar-refractivity contribution in [3.8, 4) is 0 Å². The molecule has 0 saturated carbocycles. The zero-order valence-corrected chi connectivity index (χ0v) is 13.4. The molecule has 0 bridgehead atoms. The van der Waals surface area contributed by atoms with Gasteiger partial charge in [-0.2, -0.15) is 0 Å². The highest BCUT2D eigenvalue weighted by molar-refractivity contribution is 5.86. The van der Waals surface area contributed by atoms with E-state index < -0.39 is 5.60 Å². The Kier molecular flexibility index (Phi) is 4.52. The van der Waals surface area contributed by atoms with Crippen molar-refractivity contribution in [3.05, 3.63) is 48.6 Å². The second kappa shape index (κ2) is 6.02. The molecule has 3 heteroatoms. The van der Waals surface area contributed by atoms with E-state index in [4.69, 9.17) is 4.74 Å². The van der Waals surface area contributed by atoms with Gasteiger partial charge in [-0.05, 0) is 18.4 Å². The number of amides is 1. The first-order chi connectivity index (χ1) is 9.94. The number of hydrogen-bond acceptors (Lipinski definition) is 2.